The van der Waals surface area contributed by atoms with Gasteiger partial charge < -0.3 is 9.84 Å². The van der Waals surface area contributed by atoms with Gasteiger partial charge in [0.15, 0.2) is 4.88 Å². The van der Waals surface area contributed by atoms with E-state index < -0.39 is 5.97 Å². The van der Waals surface area contributed by atoms with Gasteiger partial charge in [-0.2, -0.15) is 0 Å². The second-order valence-corrected chi connectivity index (χ2v) is 3.56. The third-order valence-corrected chi connectivity index (χ3v) is 2.73. The molecule has 1 aromatic rings. The summed E-state index contributed by atoms with van der Waals surface area (Å²) in [5.74, 6) is -0.386. The van der Waals surface area contributed by atoms with Gasteiger partial charge in [0.1, 0.15) is 5.75 Å². The maximum Gasteiger partial charge on any atom is 0.351 e. The van der Waals surface area contributed by atoms with Crippen molar-refractivity contribution in [3.63, 3.8) is 0 Å². The molecule has 0 amide bonds. The molecule has 13 heavy (non-hydrogen) atoms. The molecule has 1 aromatic heterocycles. The minimum Gasteiger partial charge on any atom is -0.506 e. The molecule has 0 aliphatic rings. The summed E-state index contributed by atoms with van der Waals surface area (Å²) < 4.78 is 4.52. The van der Waals surface area contributed by atoms with E-state index in [-0.39, 0.29) is 5.75 Å². The predicted molar refractivity (Wildman–Crippen MR) is 51.3 cm³/mol. The van der Waals surface area contributed by atoms with E-state index in [4.69, 9.17) is 0 Å². The molecule has 4 heteroatoms. The van der Waals surface area contributed by atoms with Crippen molar-refractivity contribution in [2.24, 2.45) is 0 Å². The molecule has 0 atom stereocenters. The molecule has 0 aliphatic carbocycles. The van der Waals surface area contributed by atoms with Crippen molar-refractivity contribution in [1.29, 1.82) is 0 Å². The standard InChI is InChI=1S/C9H12O3S/c1-3-4-6-5-13-8(7(6)10)9(11)12-2/h5,10H,3-4H2,1-2H3. The second-order valence-electron chi connectivity index (χ2n) is 2.68. The van der Waals surface area contributed by atoms with Gasteiger partial charge in [-0.15, -0.1) is 11.3 Å². The Balaban J connectivity index is 2.92. The van der Waals surface area contributed by atoms with Gasteiger partial charge in [0.05, 0.1) is 7.11 Å². The molecule has 0 spiro atoms. The summed E-state index contributed by atoms with van der Waals surface area (Å²) in [5, 5.41) is 11.4. The van der Waals surface area contributed by atoms with Crippen LogP contribution in [0.4, 0.5) is 0 Å². The molecular formula is C9H12O3S. The van der Waals surface area contributed by atoms with Crippen molar-refractivity contribution in [2.75, 3.05) is 7.11 Å². The fourth-order valence-electron chi connectivity index (χ4n) is 1.07. The molecule has 0 bridgehead atoms. The third-order valence-electron chi connectivity index (χ3n) is 1.73. The first-order chi connectivity index (χ1) is 6.20. The molecule has 0 fully saturated rings. The van der Waals surface area contributed by atoms with E-state index >= 15 is 0 Å². The maximum absolute atomic E-state index is 11.1. The topological polar surface area (TPSA) is 46.5 Å². The average Bonchev–Trinajstić information content (AvgIpc) is 2.48. The lowest BCUT2D eigenvalue weighted by molar-refractivity contribution is 0.0603. The van der Waals surface area contributed by atoms with Crippen LogP contribution in [0.3, 0.4) is 0 Å². The van der Waals surface area contributed by atoms with Crippen LogP contribution in [-0.4, -0.2) is 18.2 Å². The first-order valence-corrected chi connectivity index (χ1v) is 4.96. The Morgan fingerprint density at radius 1 is 1.69 bits per heavy atom. The Hall–Kier alpha value is -1.03. The first kappa shape index (κ1) is 10.1. The van der Waals surface area contributed by atoms with Crippen LogP contribution >= 0.6 is 11.3 Å². The molecule has 0 saturated heterocycles. The van der Waals surface area contributed by atoms with Crippen LogP contribution < -0.4 is 0 Å². The van der Waals surface area contributed by atoms with E-state index in [1.165, 1.54) is 18.4 Å². The van der Waals surface area contributed by atoms with Crippen molar-refractivity contribution >= 4 is 17.3 Å². The van der Waals surface area contributed by atoms with E-state index in [0.29, 0.717) is 4.88 Å². The predicted octanol–water partition coefficient (Wildman–Crippen LogP) is 2.19. The molecule has 1 N–H and O–H groups in total. The molecule has 72 valence electrons. The van der Waals surface area contributed by atoms with Crippen molar-refractivity contribution in [1.82, 2.24) is 0 Å². The molecule has 0 aliphatic heterocycles. The number of thiophene rings is 1. The fourth-order valence-corrected chi connectivity index (χ4v) is 1.98. The van der Waals surface area contributed by atoms with Crippen LogP contribution in [0.5, 0.6) is 5.75 Å². The van der Waals surface area contributed by atoms with Crippen molar-refractivity contribution in [2.45, 2.75) is 19.8 Å². The third kappa shape index (κ3) is 2.01. The van der Waals surface area contributed by atoms with Crippen molar-refractivity contribution < 1.29 is 14.6 Å². The Morgan fingerprint density at radius 3 is 2.92 bits per heavy atom. The number of aromatic hydroxyl groups is 1. The highest BCUT2D eigenvalue weighted by atomic mass is 32.1. The lowest BCUT2D eigenvalue weighted by Gasteiger charge is -1.97. The number of hydrogen-bond donors (Lipinski definition) is 1. The zero-order valence-electron chi connectivity index (χ0n) is 7.66. The Bertz CT molecular complexity index is 304. The van der Waals surface area contributed by atoms with Crippen LogP contribution in [-0.2, 0) is 11.2 Å². The Morgan fingerprint density at radius 2 is 2.38 bits per heavy atom. The normalized spacial score (nSPS) is 10.0. The van der Waals surface area contributed by atoms with Gasteiger partial charge in [-0.25, -0.2) is 4.79 Å². The molecule has 1 heterocycles. The maximum atomic E-state index is 11.1. The summed E-state index contributed by atoms with van der Waals surface area (Å²) in [6, 6.07) is 0. The highest BCUT2D eigenvalue weighted by Gasteiger charge is 2.16. The minimum absolute atomic E-state index is 0.0821. The summed E-state index contributed by atoms with van der Waals surface area (Å²) in [7, 11) is 1.31. The van der Waals surface area contributed by atoms with E-state index in [2.05, 4.69) is 4.74 Å². The van der Waals surface area contributed by atoms with Gasteiger partial charge in [0.25, 0.3) is 0 Å². The van der Waals surface area contributed by atoms with E-state index in [9.17, 15) is 9.90 Å². The molecular weight excluding hydrogens is 188 g/mol. The number of carbonyl (C=O) groups excluding carboxylic acids is 1. The second kappa shape index (κ2) is 4.28. The Labute approximate surface area is 81.0 Å². The number of rotatable bonds is 3. The lowest BCUT2D eigenvalue weighted by atomic mass is 10.2. The number of methoxy groups -OCH3 is 1. The number of carbonyl (C=O) groups is 1. The number of aryl methyl sites for hydroxylation is 1. The zero-order chi connectivity index (χ0) is 9.84. The first-order valence-electron chi connectivity index (χ1n) is 4.08. The van der Waals surface area contributed by atoms with E-state index in [0.717, 1.165) is 18.4 Å². The fraction of sp³-hybridized carbons (Fsp3) is 0.444. The van der Waals surface area contributed by atoms with Gasteiger partial charge in [-0.1, -0.05) is 13.3 Å². The molecule has 0 aromatic carbocycles. The van der Waals surface area contributed by atoms with Crippen LogP contribution in [0, 0.1) is 0 Å². The zero-order valence-corrected chi connectivity index (χ0v) is 8.48. The average molecular weight is 200 g/mol. The number of ether oxygens (including phenoxy) is 1. The molecule has 3 nitrogen and oxygen atoms in total. The molecule has 1 rings (SSSR count). The van der Waals surface area contributed by atoms with Crippen LogP contribution in [0.15, 0.2) is 5.38 Å². The largest absolute Gasteiger partial charge is 0.506 e. The summed E-state index contributed by atoms with van der Waals surface area (Å²) >= 11 is 1.22. The summed E-state index contributed by atoms with van der Waals surface area (Å²) in [6.07, 6.45) is 1.74. The molecule has 0 unspecified atom stereocenters. The van der Waals surface area contributed by atoms with Crippen LogP contribution in [0.2, 0.25) is 0 Å². The highest BCUT2D eigenvalue weighted by Crippen LogP contribution is 2.30. The number of esters is 1. The van der Waals surface area contributed by atoms with E-state index in [1.807, 2.05) is 6.92 Å². The quantitative estimate of drug-likeness (QED) is 0.761. The van der Waals surface area contributed by atoms with Gasteiger partial charge in [-0.3, -0.25) is 0 Å². The van der Waals surface area contributed by atoms with Crippen LogP contribution in [0.25, 0.3) is 0 Å². The minimum atomic E-state index is -0.468. The summed E-state index contributed by atoms with van der Waals surface area (Å²) in [5.41, 5.74) is 0.827. The van der Waals surface area contributed by atoms with Gasteiger partial charge >= 0.3 is 5.97 Å². The lowest BCUT2D eigenvalue weighted by Crippen LogP contribution is -1.98. The van der Waals surface area contributed by atoms with Crippen molar-refractivity contribution in [3.05, 3.63) is 15.8 Å². The SMILES string of the molecule is CCCc1csc(C(=O)OC)c1O. The molecule has 0 saturated carbocycles. The van der Waals surface area contributed by atoms with Gasteiger partial charge in [-0.05, 0) is 11.8 Å². The summed E-state index contributed by atoms with van der Waals surface area (Å²) in [4.78, 5) is 11.4. The van der Waals surface area contributed by atoms with Crippen LogP contribution in [0.1, 0.15) is 28.6 Å². The Kier molecular flexibility index (Phi) is 3.31. The van der Waals surface area contributed by atoms with Gasteiger partial charge in [0, 0.05) is 5.56 Å². The molecule has 0 radical (unpaired) electrons. The smallest absolute Gasteiger partial charge is 0.351 e. The summed E-state index contributed by atoms with van der Waals surface area (Å²) in [6.45, 7) is 2.02. The van der Waals surface area contributed by atoms with Gasteiger partial charge in [0.2, 0.25) is 0 Å². The van der Waals surface area contributed by atoms with Crippen molar-refractivity contribution in [3.8, 4) is 5.75 Å². The van der Waals surface area contributed by atoms with E-state index in [1.54, 1.807) is 5.38 Å². The highest BCUT2D eigenvalue weighted by molar-refractivity contribution is 7.12. The number of hydrogen-bond acceptors (Lipinski definition) is 4. The monoisotopic (exact) mass is 200 g/mol.